The van der Waals surface area contributed by atoms with Crippen LogP contribution in [0.1, 0.15) is 22.3 Å². The van der Waals surface area contributed by atoms with Crippen LogP contribution >= 0.6 is 0 Å². The fourth-order valence-corrected chi connectivity index (χ4v) is 2.47. The zero-order chi connectivity index (χ0) is 12.2. The van der Waals surface area contributed by atoms with E-state index in [0.29, 0.717) is 0 Å². The first-order chi connectivity index (χ1) is 8.93. The summed E-state index contributed by atoms with van der Waals surface area (Å²) >= 11 is 0. The van der Waals surface area contributed by atoms with Gasteiger partial charge in [-0.15, -0.1) is 0 Å². The first-order valence-electron chi connectivity index (χ1n) is 6.48. The smallest absolute Gasteiger partial charge is 0.0211 e. The van der Waals surface area contributed by atoms with Crippen LogP contribution in [0.4, 0.5) is 0 Å². The second-order valence-electron chi connectivity index (χ2n) is 4.74. The summed E-state index contributed by atoms with van der Waals surface area (Å²) in [5.74, 6) is 0. The molecule has 0 atom stereocenters. The van der Waals surface area contributed by atoms with Gasteiger partial charge in [-0.25, -0.2) is 0 Å². The van der Waals surface area contributed by atoms with Crippen LogP contribution in [0.15, 0.2) is 48.5 Å². The Bertz CT molecular complexity index is 439. The van der Waals surface area contributed by atoms with E-state index >= 15 is 0 Å². The molecule has 2 N–H and O–H groups in total. The number of hydrogen-bond acceptors (Lipinski definition) is 2. The Hall–Kier alpha value is -1.64. The van der Waals surface area contributed by atoms with Crippen molar-refractivity contribution in [3.8, 4) is 0 Å². The molecule has 0 radical (unpaired) electrons. The van der Waals surface area contributed by atoms with E-state index in [4.69, 9.17) is 0 Å². The highest BCUT2D eigenvalue weighted by Crippen LogP contribution is 2.13. The van der Waals surface area contributed by atoms with Crippen LogP contribution in [0.25, 0.3) is 0 Å². The van der Waals surface area contributed by atoms with Gasteiger partial charge >= 0.3 is 0 Å². The standard InChI is InChI=1S/C16H18N2/c1-2-6-14-10-18-12-16-8-4-3-7-15(16)11-17-9-13(14)5-1/h1-8,17-18H,9-12H2. The van der Waals surface area contributed by atoms with Crippen LogP contribution < -0.4 is 10.6 Å². The lowest BCUT2D eigenvalue weighted by Gasteiger charge is -2.16. The molecule has 0 aliphatic carbocycles. The maximum atomic E-state index is 3.54. The van der Waals surface area contributed by atoms with Crippen molar-refractivity contribution in [3.05, 3.63) is 70.8 Å². The second-order valence-corrected chi connectivity index (χ2v) is 4.74. The van der Waals surface area contributed by atoms with Gasteiger partial charge in [-0.3, -0.25) is 0 Å². The normalized spacial score (nSPS) is 15.6. The summed E-state index contributed by atoms with van der Waals surface area (Å²) in [5.41, 5.74) is 5.57. The van der Waals surface area contributed by atoms with Crippen LogP contribution in [-0.2, 0) is 26.2 Å². The average Bonchev–Trinajstić information content (AvgIpc) is 2.43. The third-order valence-electron chi connectivity index (χ3n) is 3.50. The molecule has 2 aromatic rings. The molecule has 1 heterocycles. The lowest BCUT2D eigenvalue weighted by atomic mass is 10.0. The molecular weight excluding hydrogens is 220 g/mol. The van der Waals surface area contributed by atoms with Crippen molar-refractivity contribution in [3.63, 3.8) is 0 Å². The average molecular weight is 238 g/mol. The molecule has 1 aliphatic heterocycles. The Kier molecular flexibility index (Phi) is 3.40. The number of nitrogens with one attached hydrogen (secondary N) is 2. The molecule has 0 aromatic heterocycles. The highest BCUT2D eigenvalue weighted by Gasteiger charge is 2.06. The predicted octanol–water partition coefficient (Wildman–Crippen LogP) is 2.58. The summed E-state index contributed by atoms with van der Waals surface area (Å²) in [6.45, 7) is 3.75. The molecule has 92 valence electrons. The Morgan fingerprint density at radius 2 is 0.778 bits per heavy atom. The predicted molar refractivity (Wildman–Crippen MR) is 74.0 cm³/mol. The molecule has 3 rings (SSSR count). The topological polar surface area (TPSA) is 24.1 Å². The molecular formula is C16H18N2. The van der Waals surface area contributed by atoms with Gasteiger partial charge in [0.1, 0.15) is 0 Å². The highest BCUT2D eigenvalue weighted by molar-refractivity contribution is 5.30. The van der Waals surface area contributed by atoms with Gasteiger partial charge in [-0.1, -0.05) is 48.5 Å². The summed E-state index contributed by atoms with van der Waals surface area (Å²) in [5, 5.41) is 7.08. The van der Waals surface area contributed by atoms with Crippen LogP contribution in [0.3, 0.4) is 0 Å². The molecule has 0 saturated carbocycles. The molecule has 2 nitrogen and oxygen atoms in total. The molecule has 0 unspecified atom stereocenters. The third kappa shape index (κ3) is 2.45. The molecule has 0 fully saturated rings. The third-order valence-corrected chi connectivity index (χ3v) is 3.50. The summed E-state index contributed by atoms with van der Waals surface area (Å²) in [6, 6.07) is 17.3. The molecule has 2 aromatic carbocycles. The highest BCUT2D eigenvalue weighted by atomic mass is 14.9. The molecule has 2 heteroatoms. The van der Waals surface area contributed by atoms with Gasteiger partial charge in [-0.05, 0) is 22.3 Å². The molecule has 0 amide bonds. The zero-order valence-electron chi connectivity index (χ0n) is 10.4. The molecule has 1 aliphatic rings. The van der Waals surface area contributed by atoms with Crippen molar-refractivity contribution in [2.45, 2.75) is 26.2 Å². The van der Waals surface area contributed by atoms with E-state index in [-0.39, 0.29) is 0 Å². The maximum absolute atomic E-state index is 3.54. The minimum Gasteiger partial charge on any atom is -0.309 e. The maximum Gasteiger partial charge on any atom is 0.0211 e. The van der Waals surface area contributed by atoms with Crippen LogP contribution in [0.5, 0.6) is 0 Å². The number of benzene rings is 2. The van der Waals surface area contributed by atoms with E-state index < -0.39 is 0 Å². The lowest BCUT2D eigenvalue weighted by molar-refractivity contribution is 0.631. The van der Waals surface area contributed by atoms with Crippen LogP contribution in [0.2, 0.25) is 0 Å². The van der Waals surface area contributed by atoms with E-state index in [1.54, 1.807) is 0 Å². The van der Waals surface area contributed by atoms with Gasteiger partial charge in [-0.2, -0.15) is 0 Å². The Labute approximate surface area is 108 Å². The largest absolute Gasteiger partial charge is 0.309 e. The van der Waals surface area contributed by atoms with Gasteiger partial charge in [0.15, 0.2) is 0 Å². The van der Waals surface area contributed by atoms with Gasteiger partial charge in [0.25, 0.3) is 0 Å². The first-order valence-corrected chi connectivity index (χ1v) is 6.48. The van der Waals surface area contributed by atoms with E-state index in [1.807, 2.05) is 0 Å². The molecule has 0 spiro atoms. The lowest BCUT2D eigenvalue weighted by Crippen LogP contribution is -2.22. The van der Waals surface area contributed by atoms with Gasteiger partial charge in [0.2, 0.25) is 0 Å². The SMILES string of the molecule is c1ccc2c(c1)CNCc1ccccc1CNC2. The Morgan fingerprint density at radius 3 is 1.06 bits per heavy atom. The number of rotatable bonds is 0. The van der Waals surface area contributed by atoms with Crippen molar-refractivity contribution in [1.82, 2.24) is 10.6 Å². The first kappa shape index (κ1) is 11.5. The number of fused-ring (bicyclic) bond motifs is 2. The minimum absolute atomic E-state index is 0.937. The van der Waals surface area contributed by atoms with Crippen molar-refractivity contribution in [2.24, 2.45) is 0 Å². The van der Waals surface area contributed by atoms with Crippen molar-refractivity contribution < 1.29 is 0 Å². The van der Waals surface area contributed by atoms with Crippen molar-refractivity contribution >= 4 is 0 Å². The minimum atomic E-state index is 0.937. The summed E-state index contributed by atoms with van der Waals surface area (Å²) in [7, 11) is 0. The van der Waals surface area contributed by atoms with Gasteiger partial charge in [0, 0.05) is 26.2 Å². The van der Waals surface area contributed by atoms with E-state index in [9.17, 15) is 0 Å². The fraction of sp³-hybridized carbons (Fsp3) is 0.250. The van der Waals surface area contributed by atoms with Gasteiger partial charge in [0.05, 0.1) is 0 Å². The Morgan fingerprint density at radius 1 is 0.500 bits per heavy atom. The van der Waals surface area contributed by atoms with Gasteiger partial charge < -0.3 is 10.6 Å². The van der Waals surface area contributed by atoms with E-state index in [2.05, 4.69) is 59.2 Å². The van der Waals surface area contributed by atoms with E-state index in [0.717, 1.165) is 26.2 Å². The van der Waals surface area contributed by atoms with E-state index in [1.165, 1.54) is 22.3 Å². The fourth-order valence-electron chi connectivity index (χ4n) is 2.47. The Balaban J connectivity index is 1.85. The summed E-state index contributed by atoms with van der Waals surface area (Å²) in [6.07, 6.45) is 0. The molecule has 18 heavy (non-hydrogen) atoms. The van der Waals surface area contributed by atoms with Crippen molar-refractivity contribution in [2.75, 3.05) is 0 Å². The van der Waals surface area contributed by atoms with Crippen LogP contribution in [-0.4, -0.2) is 0 Å². The number of hydrogen-bond donors (Lipinski definition) is 2. The monoisotopic (exact) mass is 238 g/mol. The molecule has 0 saturated heterocycles. The zero-order valence-corrected chi connectivity index (χ0v) is 10.4. The van der Waals surface area contributed by atoms with Crippen LogP contribution in [0, 0.1) is 0 Å². The summed E-state index contributed by atoms with van der Waals surface area (Å²) < 4.78 is 0. The summed E-state index contributed by atoms with van der Waals surface area (Å²) in [4.78, 5) is 0. The molecule has 0 bridgehead atoms. The quantitative estimate of drug-likeness (QED) is 0.737. The van der Waals surface area contributed by atoms with Crippen molar-refractivity contribution in [1.29, 1.82) is 0 Å². The second kappa shape index (κ2) is 5.34.